The maximum absolute atomic E-state index is 12.9. The lowest BCUT2D eigenvalue weighted by Gasteiger charge is -2.34. The SMILES string of the molecule is CCc1ccc2nc(N3CCC(NCC(C)C)CC3)c(C(=O)NC(C)N)cc2c1. The van der Waals surface area contributed by atoms with E-state index in [1.54, 1.807) is 6.92 Å². The Morgan fingerprint density at radius 3 is 2.59 bits per heavy atom. The molecule has 0 bridgehead atoms. The molecule has 1 saturated heterocycles. The molecular weight excluding hydrogens is 362 g/mol. The summed E-state index contributed by atoms with van der Waals surface area (Å²) >= 11 is 0. The molecule has 1 fully saturated rings. The molecule has 1 aliphatic heterocycles. The maximum atomic E-state index is 12.9. The van der Waals surface area contributed by atoms with Gasteiger partial charge in [-0.1, -0.05) is 26.8 Å². The van der Waals surface area contributed by atoms with Crippen LogP contribution >= 0.6 is 0 Å². The molecule has 1 aliphatic rings. The van der Waals surface area contributed by atoms with Crippen LogP contribution in [0.15, 0.2) is 24.3 Å². The van der Waals surface area contributed by atoms with Crippen molar-refractivity contribution in [2.24, 2.45) is 11.7 Å². The minimum absolute atomic E-state index is 0.161. The summed E-state index contributed by atoms with van der Waals surface area (Å²) in [6, 6.07) is 8.79. The quantitative estimate of drug-likeness (QED) is 0.626. The summed E-state index contributed by atoms with van der Waals surface area (Å²) in [7, 11) is 0. The molecule has 2 aromatic rings. The zero-order valence-corrected chi connectivity index (χ0v) is 18.2. The molecule has 6 nitrogen and oxygen atoms in total. The molecule has 2 heterocycles. The number of pyridine rings is 1. The molecule has 0 aliphatic carbocycles. The molecule has 1 amide bonds. The number of hydrogen-bond acceptors (Lipinski definition) is 5. The average Bonchev–Trinajstić information content (AvgIpc) is 2.70. The Morgan fingerprint density at radius 2 is 1.97 bits per heavy atom. The van der Waals surface area contributed by atoms with Gasteiger partial charge in [0.25, 0.3) is 5.91 Å². The van der Waals surface area contributed by atoms with Crippen molar-refractivity contribution in [1.29, 1.82) is 0 Å². The number of carbonyl (C=O) groups is 1. The van der Waals surface area contributed by atoms with Gasteiger partial charge in [0.05, 0.1) is 17.2 Å². The predicted molar refractivity (Wildman–Crippen MR) is 120 cm³/mol. The van der Waals surface area contributed by atoms with Gasteiger partial charge >= 0.3 is 0 Å². The topological polar surface area (TPSA) is 83.3 Å². The van der Waals surface area contributed by atoms with E-state index in [-0.39, 0.29) is 5.91 Å². The van der Waals surface area contributed by atoms with Crippen molar-refractivity contribution in [2.75, 3.05) is 24.5 Å². The van der Waals surface area contributed by atoms with Gasteiger partial charge in [0, 0.05) is 24.5 Å². The zero-order chi connectivity index (χ0) is 21.0. The minimum atomic E-state index is -0.404. The van der Waals surface area contributed by atoms with Crippen LogP contribution in [-0.4, -0.2) is 42.7 Å². The molecule has 29 heavy (non-hydrogen) atoms. The second-order valence-corrected chi connectivity index (χ2v) is 8.57. The third-order valence-electron chi connectivity index (χ3n) is 5.48. The van der Waals surface area contributed by atoms with Crippen molar-refractivity contribution in [1.82, 2.24) is 15.6 Å². The van der Waals surface area contributed by atoms with E-state index < -0.39 is 6.17 Å². The van der Waals surface area contributed by atoms with E-state index in [1.165, 1.54) is 5.56 Å². The van der Waals surface area contributed by atoms with E-state index in [2.05, 4.69) is 54.5 Å². The molecule has 158 valence electrons. The van der Waals surface area contributed by atoms with Crippen LogP contribution in [0.4, 0.5) is 5.82 Å². The van der Waals surface area contributed by atoms with E-state index in [4.69, 9.17) is 10.7 Å². The lowest BCUT2D eigenvalue weighted by Crippen LogP contribution is -2.45. The zero-order valence-electron chi connectivity index (χ0n) is 18.2. The molecule has 0 spiro atoms. The standard InChI is InChI=1S/C23H35N5O/c1-5-17-6-7-21-18(12-17)13-20(23(29)26-16(4)24)22(27-21)28-10-8-19(9-11-28)25-14-15(2)3/h6-7,12-13,15-16,19,25H,5,8-11,14,24H2,1-4H3,(H,26,29). The van der Waals surface area contributed by atoms with Crippen LogP contribution in [0, 0.1) is 5.92 Å². The van der Waals surface area contributed by atoms with Crippen LogP contribution in [0.3, 0.4) is 0 Å². The van der Waals surface area contributed by atoms with Gasteiger partial charge in [0.15, 0.2) is 0 Å². The normalized spacial score (nSPS) is 16.4. The number of piperidine rings is 1. The number of aryl methyl sites for hydroxylation is 1. The van der Waals surface area contributed by atoms with E-state index in [0.29, 0.717) is 17.5 Å². The number of nitrogens with two attached hydrogens (primary N) is 1. The first-order valence-corrected chi connectivity index (χ1v) is 10.9. The highest BCUT2D eigenvalue weighted by Gasteiger charge is 2.25. The van der Waals surface area contributed by atoms with Crippen LogP contribution in [0.25, 0.3) is 10.9 Å². The van der Waals surface area contributed by atoms with Gasteiger partial charge in [-0.3, -0.25) is 4.79 Å². The molecule has 0 radical (unpaired) electrons. The van der Waals surface area contributed by atoms with Crippen LogP contribution in [0.5, 0.6) is 0 Å². The third kappa shape index (κ3) is 5.46. The van der Waals surface area contributed by atoms with E-state index in [0.717, 1.165) is 55.6 Å². The molecule has 1 atom stereocenters. The Bertz CT molecular complexity index is 841. The number of carbonyl (C=O) groups excluding carboxylic acids is 1. The van der Waals surface area contributed by atoms with Crippen molar-refractivity contribution < 1.29 is 4.79 Å². The average molecular weight is 398 g/mol. The highest BCUT2D eigenvalue weighted by Crippen LogP contribution is 2.27. The fraction of sp³-hybridized carbons (Fsp3) is 0.565. The Balaban J connectivity index is 1.88. The Labute approximate surface area is 174 Å². The monoisotopic (exact) mass is 397 g/mol. The van der Waals surface area contributed by atoms with Crippen LogP contribution < -0.4 is 21.3 Å². The lowest BCUT2D eigenvalue weighted by atomic mass is 10.0. The molecule has 0 saturated carbocycles. The van der Waals surface area contributed by atoms with Gasteiger partial charge in [-0.25, -0.2) is 4.98 Å². The van der Waals surface area contributed by atoms with Crippen molar-refractivity contribution in [3.63, 3.8) is 0 Å². The number of fused-ring (bicyclic) bond motifs is 1. The summed E-state index contributed by atoms with van der Waals surface area (Å²) in [6.45, 7) is 11.2. The highest BCUT2D eigenvalue weighted by atomic mass is 16.1. The van der Waals surface area contributed by atoms with Crippen LogP contribution in [-0.2, 0) is 6.42 Å². The van der Waals surface area contributed by atoms with Gasteiger partial charge in [-0.05, 0) is 62.4 Å². The number of anilines is 1. The predicted octanol–water partition coefficient (Wildman–Crippen LogP) is 3.05. The van der Waals surface area contributed by atoms with Crippen LogP contribution in [0.2, 0.25) is 0 Å². The number of nitrogens with one attached hydrogen (secondary N) is 2. The summed E-state index contributed by atoms with van der Waals surface area (Å²) < 4.78 is 0. The summed E-state index contributed by atoms with van der Waals surface area (Å²) in [5.41, 5.74) is 8.59. The van der Waals surface area contributed by atoms with Gasteiger partial charge < -0.3 is 21.3 Å². The molecule has 4 N–H and O–H groups in total. The lowest BCUT2D eigenvalue weighted by molar-refractivity contribution is 0.0941. The summed E-state index contributed by atoms with van der Waals surface area (Å²) in [5, 5.41) is 7.49. The molecule has 1 aromatic carbocycles. The van der Waals surface area contributed by atoms with Crippen molar-refractivity contribution in [3.8, 4) is 0 Å². The largest absolute Gasteiger partial charge is 0.356 e. The number of amides is 1. The fourth-order valence-electron chi connectivity index (χ4n) is 3.83. The first-order chi connectivity index (χ1) is 13.9. The Kier molecular flexibility index (Phi) is 7.09. The van der Waals surface area contributed by atoms with Gasteiger partial charge in [0.1, 0.15) is 5.82 Å². The number of rotatable bonds is 7. The number of aromatic nitrogens is 1. The summed E-state index contributed by atoms with van der Waals surface area (Å²) in [5.74, 6) is 1.25. The van der Waals surface area contributed by atoms with Gasteiger partial charge in [-0.2, -0.15) is 0 Å². The number of benzene rings is 1. The smallest absolute Gasteiger partial charge is 0.256 e. The summed E-state index contributed by atoms with van der Waals surface area (Å²) in [4.78, 5) is 20.0. The van der Waals surface area contributed by atoms with Gasteiger partial charge in [0.2, 0.25) is 0 Å². The highest BCUT2D eigenvalue weighted by molar-refractivity contribution is 6.02. The third-order valence-corrected chi connectivity index (χ3v) is 5.48. The van der Waals surface area contributed by atoms with Crippen molar-refractivity contribution >= 4 is 22.6 Å². The molecule has 6 heteroatoms. The molecule has 3 rings (SSSR count). The number of nitrogens with zero attached hydrogens (tertiary/aromatic N) is 2. The van der Waals surface area contributed by atoms with E-state index >= 15 is 0 Å². The van der Waals surface area contributed by atoms with Crippen molar-refractivity contribution in [2.45, 2.75) is 59.2 Å². The van der Waals surface area contributed by atoms with Crippen molar-refractivity contribution in [3.05, 3.63) is 35.4 Å². The Hall–Kier alpha value is -2.18. The first-order valence-electron chi connectivity index (χ1n) is 10.9. The molecular formula is C23H35N5O. The second kappa shape index (κ2) is 9.55. The molecule has 1 aromatic heterocycles. The maximum Gasteiger partial charge on any atom is 0.256 e. The van der Waals surface area contributed by atoms with E-state index in [1.807, 2.05) is 6.07 Å². The van der Waals surface area contributed by atoms with E-state index in [9.17, 15) is 4.79 Å². The number of hydrogen-bond donors (Lipinski definition) is 3. The van der Waals surface area contributed by atoms with Crippen LogP contribution in [0.1, 0.15) is 56.5 Å². The molecule has 1 unspecified atom stereocenters. The summed E-state index contributed by atoms with van der Waals surface area (Å²) in [6.07, 6.45) is 2.65. The van der Waals surface area contributed by atoms with Gasteiger partial charge in [-0.15, -0.1) is 0 Å². The Morgan fingerprint density at radius 1 is 1.24 bits per heavy atom. The fourth-order valence-corrected chi connectivity index (χ4v) is 3.83. The first kappa shape index (κ1) is 21.5. The minimum Gasteiger partial charge on any atom is -0.356 e. The second-order valence-electron chi connectivity index (χ2n) is 8.57.